The Labute approximate surface area is 183 Å². The molecular weight excluding hydrogens is 414 g/mol. The molecule has 1 atom stereocenters. The van der Waals surface area contributed by atoms with Gasteiger partial charge in [-0.3, -0.25) is 9.59 Å². The molecule has 2 aromatic rings. The van der Waals surface area contributed by atoms with Gasteiger partial charge in [-0.15, -0.1) is 0 Å². The molecule has 7 nitrogen and oxygen atoms in total. The number of nitrogens with one attached hydrogen (secondary N) is 1. The second-order valence-electron chi connectivity index (χ2n) is 8.20. The van der Waals surface area contributed by atoms with Gasteiger partial charge in [0.15, 0.2) is 0 Å². The Hall–Kier alpha value is -2.71. The summed E-state index contributed by atoms with van der Waals surface area (Å²) >= 11 is 0. The van der Waals surface area contributed by atoms with Gasteiger partial charge < -0.3 is 10.2 Å². The van der Waals surface area contributed by atoms with Gasteiger partial charge in [0.25, 0.3) is 5.91 Å². The largest absolute Gasteiger partial charge is 0.347 e. The molecule has 4 rings (SSSR count). The standard InChI is InChI=1S/C23H27N3O4S/c1-17-5-9-20(10-6-17)26-16-19(15-22(26)27)24-23(28)18-7-11-21(12-8-18)31(29,30)25-13-3-2-4-14-25/h5-12,19H,2-4,13-16H2,1H3,(H,24,28)/t19-/m0/s1. The van der Waals surface area contributed by atoms with E-state index in [4.69, 9.17) is 0 Å². The van der Waals surface area contributed by atoms with Gasteiger partial charge in [-0.25, -0.2) is 8.42 Å². The zero-order chi connectivity index (χ0) is 22.0. The van der Waals surface area contributed by atoms with Crippen LogP contribution in [0.4, 0.5) is 5.69 Å². The monoisotopic (exact) mass is 441 g/mol. The number of amides is 2. The van der Waals surface area contributed by atoms with Gasteiger partial charge >= 0.3 is 0 Å². The van der Waals surface area contributed by atoms with E-state index in [-0.39, 0.29) is 29.2 Å². The number of carbonyl (C=O) groups excluding carboxylic acids is 2. The highest BCUT2D eigenvalue weighted by Gasteiger charge is 2.32. The van der Waals surface area contributed by atoms with Gasteiger partial charge in [-0.05, 0) is 56.2 Å². The Morgan fingerprint density at radius 3 is 2.26 bits per heavy atom. The molecule has 2 aliphatic rings. The Balaban J connectivity index is 1.40. The molecule has 164 valence electrons. The Bertz CT molecular complexity index is 1060. The van der Waals surface area contributed by atoms with Gasteiger partial charge in [0.05, 0.1) is 10.9 Å². The molecule has 2 aromatic carbocycles. The fraction of sp³-hybridized carbons (Fsp3) is 0.391. The molecule has 31 heavy (non-hydrogen) atoms. The van der Waals surface area contributed by atoms with E-state index in [9.17, 15) is 18.0 Å². The SMILES string of the molecule is Cc1ccc(N2C[C@@H](NC(=O)c3ccc(S(=O)(=O)N4CCCCC4)cc3)CC2=O)cc1. The van der Waals surface area contributed by atoms with Crippen molar-refractivity contribution in [1.29, 1.82) is 0 Å². The van der Waals surface area contributed by atoms with Crippen LogP contribution in [0.2, 0.25) is 0 Å². The van der Waals surface area contributed by atoms with Crippen molar-refractivity contribution in [2.24, 2.45) is 0 Å². The maximum Gasteiger partial charge on any atom is 0.251 e. The number of benzene rings is 2. The third-order valence-corrected chi connectivity index (χ3v) is 7.79. The van der Waals surface area contributed by atoms with Crippen LogP contribution in [0, 0.1) is 6.92 Å². The number of sulfonamides is 1. The molecule has 0 aromatic heterocycles. The first-order chi connectivity index (χ1) is 14.8. The molecular formula is C23H27N3O4S. The summed E-state index contributed by atoms with van der Waals surface area (Å²) in [5.74, 6) is -0.345. The molecule has 0 spiro atoms. The minimum absolute atomic E-state index is 0.0304. The maximum absolute atomic E-state index is 12.8. The molecule has 2 heterocycles. The van der Waals surface area contributed by atoms with E-state index in [1.807, 2.05) is 31.2 Å². The van der Waals surface area contributed by atoms with Gasteiger partial charge in [-0.2, -0.15) is 4.31 Å². The zero-order valence-corrected chi connectivity index (χ0v) is 18.4. The average molecular weight is 442 g/mol. The van der Waals surface area contributed by atoms with Crippen molar-refractivity contribution in [3.05, 3.63) is 59.7 Å². The fourth-order valence-corrected chi connectivity index (χ4v) is 5.60. The summed E-state index contributed by atoms with van der Waals surface area (Å²) in [6, 6.07) is 13.4. The van der Waals surface area contributed by atoms with Crippen molar-refractivity contribution in [3.63, 3.8) is 0 Å². The first kappa shape index (κ1) is 21.5. The van der Waals surface area contributed by atoms with E-state index in [0.29, 0.717) is 25.2 Å². The predicted molar refractivity (Wildman–Crippen MR) is 118 cm³/mol. The van der Waals surface area contributed by atoms with E-state index in [1.54, 1.807) is 4.90 Å². The Morgan fingerprint density at radius 1 is 0.968 bits per heavy atom. The number of rotatable bonds is 5. The smallest absolute Gasteiger partial charge is 0.251 e. The highest BCUT2D eigenvalue weighted by Crippen LogP contribution is 2.23. The summed E-state index contributed by atoms with van der Waals surface area (Å²) in [7, 11) is -3.52. The molecule has 1 N–H and O–H groups in total. The minimum atomic E-state index is -3.52. The first-order valence-electron chi connectivity index (χ1n) is 10.6. The third kappa shape index (κ3) is 4.65. The molecule has 0 aliphatic carbocycles. The van der Waals surface area contributed by atoms with E-state index in [2.05, 4.69) is 5.32 Å². The fourth-order valence-electron chi connectivity index (χ4n) is 4.08. The molecule has 0 unspecified atom stereocenters. The number of anilines is 1. The second-order valence-corrected chi connectivity index (χ2v) is 10.1. The quantitative estimate of drug-likeness (QED) is 0.773. The second kappa shape index (κ2) is 8.80. The lowest BCUT2D eigenvalue weighted by molar-refractivity contribution is -0.117. The lowest BCUT2D eigenvalue weighted by Gasteiger charge is -2.25. The highest BCUT2D eigenvalue weighted by atomic mass is 32.2. The lowest BCUT2D eigenvalue weighted by atomic mass is 10.2. The van der Waals surface area contributed by atoms with E-state index < -0.39 is 10.0 Å². The van der Waals surface area contributed by atoms with Gasteiger partial charge in [0, 0.05) is 37.3 Å². The van der Waals surface area contributed by atoms with Crippen molar-refractivity contribution >= 4 is 27.5 Å². The summed E-state index contributed by atoms with van der Waals surface area (Å²) in [4.78, 5) is 26.9. The summed E-state index contributed by atoms with van der Waals surface area (Å²) in [5, 5.41) is 2.90. The molecule has 2 saturated heterocycles. The maximum atomic E-state index is 12.8. The van der Waals surface area contributed by atoms with E-state index >= 15 is 0 Å². The number of hydrogen-bond donors (Lipinski definition) is 1. The number of aryl methyl sites for hydroxylation is 1. The lowest BCUT2D eigenvalue weighted by Crippen LogP contribution is -2.37. The number of nitrogens with zero attached hydrogens (tertiary/aromatic N) is 2. The van der Waals surface area contributed by atoms with E-state index in [1.165, 1.54) is 28.6 Å². The van der Waals surface area contributed by atoms with Crippen molar-refractivity contribution < 1.29 is 18.0 Å². The summed E-state index contributed by atoms with van der Waals surface area (Å²) in [5.41, 5.74) is 2.31. The van der Waals surface area contributed by atoms with Crippen molar-refractivity contribution in [2.45, 2.75) is 43.5 Å². The molecule has 2 aliphatic heterocycles. The molecule has 2 amide bonds. The van der Waals surface area contributed by atoms with Gasteiger partial charge in [0.1, 0.15) is 0 Å². The van der Waals surface area contributed by atoms with Crippen molar-refractivity contribution in [1.82, 2.24) is 9.62 Å². The minimum Gasteiger partial charge on any atom is -0.347 e. The molecule has 0 saturated carbocycles. The highest BCUT2D eigenvalue weighted by molar-refractivity contribution is 7.89. The summed E-state index contributed by atoms with van der Waals surface area (Å²) < 4.78 is 27.0. The van der Waals surface area contributed by atoms with Crippen LogP contribution in [0.15, 0.2) is 53.4 Å². The summed E-state index contributed by atoms with van der Waals surface area (Å²) in [6.07, 6.45) is 3.04. The van der Waals surface area contributed by atoms with Crippen LogP contribution in [-0.4, -0.2) is 50.2 Å². The number of carbonyl (C=O) groups is 2. The van der Waals surface area contributed by atoms with Crippen LogP contribution in [0.25, 0.3) is 0 Å². The van der Waals surface area contributed by atoms with Crippen molar-refractivity contribution in [3.8, 4) is 0 Å². The molecule has 0 bridgehead atoms. The first-order valence-corrected chi connectivity index (χ1v) is 12.1. The van der Waals surface area contributed by atoms with Crippen LogP contribution in [0.3, 0.4) is 0 Å². The third-order valence-electron chi connectivity index (χ3n) is 5.88. The normalized spacial score (nSPS) is 20.1. The van der Waals surface area contributed by atoms with E-state index in [0.717, 1.165) is 30.5 Å². The van der Waals surface area contributed by atoms with Gasteiger partial charge in [0.2, 0.25) is 15.9 Å². The van der Waals surface area contributed by atoms with Crippen molar-refractivity contribution in [2.75, 3.05) is 24.5 Å². The number of piperidine rings is 1. The molecule has 8 heteroatoms. The summed E-state index contributed by atoms with van der Waals surface area (Å²) in [6.45, 7) is 3.48. The topological polar surface area (TPSA) is 86.8 Å². The molecule has 2 fully saturated rings. The Kier molecular flexibility index (Phi) is 6.11. The van der Waals surface area contributed by atoms with Crippen LogP contribution < -0.4 is 10.2 Å². The Morgan fingerprint density at radius 2 is 1.61 bits per heavy atom. The van der Waals surface area contributed by atoms with Crippen LogP contribution >= 0.6 is 0 Å². The molecule has 0 radical (unpaired) electrons. The predicted octanol–water partition coefficient (Wildman–Crippen LogP) is 2.70. The van der Waals surface area contributed by atoms with Crippen LogP contribution in [0.5, 0.6) is 0 Å². The number of hydrogen-bond acceptors (Lipinski definition) is 4. The van der Waals surface area contributed by atoms with Gasteiger partial charge in [-0.1, -0.05) is 24.1 Å². The van der Waals surface area contributed by atoms with Crippen LogP contribution in [-0.2, 0) is 14.8 Å². The average Bonchev–Trinajstić information content (AvgIpc) is 3.14. The van der Waals surface area contributed by atoms with Crippen LogP contribution in [0.1, 0.15) is 41.6 Å². The zero-order valence-electron chi connectivity index (χ0n) is 17.6.